The largest absolute Gasteiger partial charge is 0.315 e. The lowest BCUT2D eigenvalue weighted by molar-refractivity contribution is 0.387. The van der Waals surface area contributed by atoms with Crippen molar-refractivity contribution in [1.29, 1.82) is 0 Å². The molecule has 0 aromatic carbocycles. The smallest absolute Gasteiger partial charge is 0.151 e. The van der Waals surface area contributed by atoms with Crippen molar-refractivity contribution in [1.82, 2.24) is 20.6 Å². The summed E-state index contributed by atoms with van der Waals surface area (Å²) in [6, 6.07) is 0.525. The van der Waals surface area contributed by atoms with E-state index in [-0.39, 0.29) is 0 Å². The summed E-state index contributed by atoms with van der Waals surface area (Å²) in [5.74, 6) is 0. The molecule has 1 aromatic rings. The highest BCUT2D eigenvalue weighted by atomic mass is 35.5. The summed E-state index contributed by atoms with van der Waals surface area (Å²) in [6.45, 7) is 2.85. The fraction of sp³-hybridized carbons (Fsp3) is 0.600. The Bertz CT molecular complexity index is 312. The molecule has 0 spiro atoms. The third-order valence-corrected chi connectivity index (χ3v) is 2.89. The van der Waals surface area contributed by atoms with E-state index in [1.54, 1.807) is 12.4 Å². The zero-order valence-corrected chi connectivity index (χ0v) is 9.30. The molecule has 1 aliphatic rings. The molecule has 0 radical (unpaired) electrons. The molecule has 0 unspecified atom stereocenters. The first-order valence-electron chi connectivity index (χ1n) is 5.26. The van der Waals surface area contributed by atoms with Crippen LogP contribution >= 0.6 is 11.6 Å². The summed E-state index contributed by atoms with van der Waals surface area (Å²) in [6.07, 6.45) is 5.72. The van der Waals surface area contributed by atoms with Crippen molar-refractivity contribution in [3.8, 4) is 0 Å². The number of aromatic nitrogens is 2. The Balaban J connectivity index is 1.84. The Hall–Kier alpha value is -0.710. The fourth-order valence-corrected chi connectivity index (χ4v) is 1.91. The van der Waals surface area contributed by atoms with Gasteiger partial charge in [-0.15, -0.1) is 0 Å². The number of halogens is 1. The zero-order valence-electron chi connectivity index (χ0n) is 8.54. The van der Waals surface area contributed by atoms with E-state index in [2.05, 4.69) is 20.6 Å². The van der Waals surface area contributed by atoms with Crippen LogP contribution in [0.25, 0.3) is 0 Å². The molecule has 2 heterocycles. The van der Waals surface area contributed by atoms with E-state index in [9.17, 15) is 0 Å². The van der Waals surface area contributed by atoms with Gasteiger partial charge in [-0.2, -0.15) is 0 Å². The summed E-state index contributed by atoms with van der Waals surface area (Å²) >= 11 is 5.91. The summed E-state index contributed by atoms with van der Waals surface area (Å²) in [4.78, 5) is 8.18. The van der Waals surface area contributed by atoms with Gasteiger partial charge in [-0.3, -0.25) is 4.98 Å². The maximum Gasteiger partial charge on any atom is 0.151 e. The minimum atomic E-state index is 0.494. The number of piperidine rings is 1. The molecule has 4 nitrogen and oxygen atoms in total. The fourth-order valence-electron chi connectivity index (χ4n) is 1.74. The molecule has 5 heteroatoms. The normalized spacial score (nSPS) is 21.5. The maximum absolute atomic E-state index is 5.91. The Kier molecular flexibility index (Phi) is 3.88. The first kappa shape index (κ1) is 10.8. The summed E-state index contributed by atoms with van der Waals surface area (Å²) in [5.41, 5.74) is 0.824. The first-order valence-corrected chi connectivity index (χ1v) is 5.63. The quantitative estimate of drug-likeness (QED) is 0.807. The molecule has 0 saturated carbocycles. The lowest BCUT2D eigenvalue weighted by Crippen LogP contribution is -2.42. The van der Waals surface area contributed by atoms with E-state index in [1.165, 1.54) is 12.8 Å². The standard InChI is InChI=1S/C10H15ClN4/c11-10-9(13-4-5-14-10)7-15-8-2-1-3-12-6-8/h4-5,8,12,15H,1-3,6-7H2/t8-/m0/s1. The van der Waals surface area contributed by atoms with Crippen molar-refractivity contribution in [2.75, 3.05) is 13.1 Å². The molecular formula is C10H15ClN4. The predicted octanol–water partition coefficient (Wildman–Crippen LogP) is 0.972. The molecule has 1 aromatic heterocycles. The van der Waals surface area contributed by atoms with Crippen molar-refractivity contribution in [2.45, 2.75) is 25.4 Å². The van der Waals surface area contributed by atoms with Gasteiger partial charge in [0.2, 0.25) is 0 Å². The Morgan fingerprint density at radius 3 is 3.07 bits per heavy atom. The van der Waals surface area contributed by atoms with Gasteiger partial charge in [-0.1, -0.05) is 11.6 Å². The maximum atomic E-state index is 5.91. The predicted molar refractivity (Wildman–Crippen MR) is 59.8 cm³/mol. The van der Waals surface area contributed by atoms with Crippen LogP contribution in [0.3, 0.4) is 0 Å². The van der Waals surface area contributed by atoms with E-state index in [1.807, 2.05) is 0 Å². The second-order valence-electron chi connectivity index (χ2n) is 3.72. The highest BCUT2D eigenvalue weighted by Gasteiger charge is 2.12. The number of rotatable bonds is 3. The molecule has 15 heavy (non-hydrogen) atoms. The lowest BCUT2D eigenvalue weighted by Gasteiger charge is -2.23. The SMILES string of the molecule is Clc1nccnc1CN[C@H]1CCCNC1. The number of hydrogen-bond donors (Lipinski definition) is 2. The second-order valence-corrected chi connectivity index (χ2v) is 4.08. The monoisotopic (exact) mass is 226 g/mol. The van der Waals surface area contributed by atoms with Crippen LogP contribution in [-0.4, -0.2) is 29.1 Å². The van der Waals surface area contributed by atoms with Crippen LogP contribution in [0.15, 0.2) is 12.4 Å². The van der Waals surface area contributed by atoms with Gasteiger partial charge in [0.15, 0.2) is 5.15 Å². The van der Waals surface area contributed by atoms with Gasteiger partial charge in [-0.05, 0) is 19.4 Å². The van der Waals surface area contributed by atoms with E-state index < -0.39 is 0 Å². The van der Waals surface area contributed by atoms with Crippen LogP contribution in [-0.2, 0) is 6.54 Å². The second kappa shape index (κ2) is 5.39. The molecule has 1 fully saturated rings. The Morgan fingerprint density at radius 1 is 1.47 bits per heavy atom. The van der Waals surface area contributed by atoms with Crippen LogP contribution < -0.4 is 10.6 Å². The highest BCUT2D eigenvalue weighted by molar-refractivity contribution is 6.29. The topological polar surface area (TPSA) is 49.8 Å². The summed E-state index contributed by atoms with van der Waals surface area (Å²) < 4.78 is 0. The van der Waals surface area contributed by atoms with E-state index in [4.69, 9.17) is 11.6 Å². The highest BCUT2D eigenvalue weighted by Crippen LogP contribution is 2.09. The molecule has 0 aliphatic carbocycles. The molecule has 2 rings (SSSR count). The van der Waals surface area contributed by atoms with Crippen molar-refractivity contribution < 1.29 is 0 Å². The van der Waals surface area contributed by atoms with Crippen LogP contribution in [0.5, 0.6) is 0 Å². The first-order chi connectivity index (χ1) is 7.36. The minimum Gasteiger partial charge on any atom is -0.315 e. The van der Waals surface area contributed by atoms with E-state index in [0.717, 1.165) is 18.8 Å². The molecule has 1 saturated heterocycles. The van der Waals surface area contributed by atoms with Crippen molar-refractivity contribution >= 4 is 11.6 Å². The van der Waals surface area contributed by atoms with Gasteiger partial charge < -0.3 is 10.6 Å². The molecule has 1 atom stereocenters. The van der Waals surface area contributed by atoms with Gasteiger partial charge in [0, 0.05) is 31.5 Å². The molecular weight excluding hydrogens is 212 g/mol. The number of nitrogens with one attached hydrogen (secondary N) is 2. The molecule has 82 valence electrons. The van der Waals surface area contributed by atoms with E-state index in [0.29, 0.717) is 17.7 Å². The van der Waals surface area contributed by atoms with Crippen LogP contribution in [0.4, 0.5) is 0 Å². The van der Waals surface area contributed by atoms with Crippen molar-refractivity contribution in [3.63, 3.8) is 0 Å². The van der Waals surface area contributed by atoms with Crippen molar-refractivity contribution in [2.24, 2.45) is 0 Å². The zero-order chi connectivity index (χ0) is 10.5. The van der Waals surface area contributed by atoms with Gasteiger partial charge in [0.1, 0.15) is 0 Å². The van der Waals surface area contributed by atoms with Crippen LogP contribution in [0.1, 0.15) is 18.5 Å². The number of nitrogens with zero attached hydrogens (tertiary/aromatic N) is 2. The summed E-state index contributed by atoms with van der Waals surface area (Å²) in [7, 11) is 0. The Morgan fingerprint density at radius 2 is 2.33 bits per heavy atom. The molecule has 0 amide bonds. The van der Waals surface area contributed by atoms with Crippen molar-refractivity contribution in [3.05, 3.63) is 23.2 Å². The average Bonchev–Trinajstić information content (AvgIpc) is 2.29. The van der Waals surface area contributed by atoms with Gasteiger partial charge in [0.05, 0.1) is 5.69 Å². The average molecular weight is 227 g/mol. The van der Waals surface area contributed by atoms with Crippen LogP contribution in [0.2, 0.25) is 5.15 Å². The Labute approximate surface area is 94.5 Å². The molecule has 0 bridgehead atoms. The van der Waals surface area contributed by atoms with Crippen LogP contribution in [0, 0.1) is 0 Å². The molecule has 1 aliphatic heterocycles. The third-order valence-electron chi connectivity index (χ3n) is 2.58. The third kappa shape index (κ3) is 3.12. The lowest BCUT2D eigenvalue weighted by atomic mass is 10.1. The minimum absolute atomic E-state index is 0.494. The van der Waals surface area contributed by atoms with E-state index >= 15 is 0 Å². The van der Waals surface area contributed by atoms with Gasteiger partial charge >= 0.3 is 0 Å². The number of hydrogen-bond acceptors (Lipinski definition) is 4. The summed E-state index contributed by atoms with van der Waals surface area (Å²) in [5, 5.41) is 7.28. The van der Waals surface area contributed by atoms with Gasteiger partial charge in [0.25, 0.3) is 0 Å². The molecule has 2 N–H and O–H groups in total. The van der Waals surface area contributed by atoms with Gasteiger partial charge in [-0.25, -0.2) is 4.98 Å².